The summed E-state index contributed by atoms with van der Waals surface area (Å²) in [5.74, 6) is 0. The van der Waals surface area contributed by atoms with E-state index < -0.39 is 30.3 Å². The summed E-state index contributed by atoms with van der Waals surface area (Å²) >= 11 is -2.31. The van der Waals surface area contributed by atoms with E-state index in [2.05, 4.69) is 0 Å². The van der Waals surface area contributed by atoms with Crippen LogP contribution >= 0.6 is 17.1 Å². The van der Waals surface area contributed by atoms with E-state index in [1.54, 1.807) is 0 Å². The van der Waals surface area contributed by atoms with E-state index in [9.17, 15) is 0 Å². The molecule has 0 aliphatic carbocycles. The van der Waals surface area contributed by atoms with Crippen molar-refractivity contribution in [3.8, 4) is 0 Å². The summed E-state index contributed by atoms with van der Waals surface area (Å²) in [5, 5.41) is 0. The summed E-state index contributed by atoms with van der Waals surface area (Å²) in [7, 11) is 0. The van der Waals surface area contributed by atoms with Gasteiger partial charge in [0.1, 0.15) is 0 Å². The van der Waals surface area contributed by atoms with Crippen molar-refractivity contribution in [2.45, 2.75) is 0 Å². The molecule has 0 rings (SSSR count). The molecule has 0 atom stereocenters. The molecule has 0 saturated carbocycles. The zero-order valence-corrected chi connectivity index (χ0v) is 10.7. The molecule has 0 unspecified atom stereocenters. The molecule has 10 heteroatoms. The second-order valence-electron chi connectivity index (χ2n) is 0.247. The van der Waals surface area contributed by atoms with Crippen molar-refractivity contribution in [1.29, 1.82) is 0 Å². The Labute approximate surface area is 79.1 Å². The fourth-order valence-electron chi connectivity index (χ4n) is 0. The van der Waals surface area contributed by atoms with Crippen LogP contribution in [0, 0.1) is 30.3 Å². The molecule has 0 bridgehead atoms. The van der Waals surface area contributed by atoms with Crippen molar-refractivity contribution in [3.63, 3.8) is 0 Å². The first-order valence-corrected chi connectivity index (χ1v) is 14.6. The maximum atomic E-state index is 5.03. The third-order valence-corrected chi connectivity index (χ3v) is 0. The molecule has 0 saturated heterocycles. The Hall–Kier alpha value is 1.99. The number of rotatable bonds is 0. The van der Waals surface area contributed by atoms with Crippen molar-refractivity contribution in [1.82, 2.24) is 0 Å². The first-order chi connectivity index (χ1) is 1.73. The van der Waals surface area contributed by atoms with Gasteiger partial charge in [-0.05, 0) is 0 Å². The van der Waals surface area contributed by atoms with E-state index in [-0.39, 0.29) is 32.9 Å². The number of halogens is 3. The third-order valence-electron chi connectivity index (χ3n) is 0. The minimum absolute atomic E-state index is 0. The number of hydrogen-bond donors (Lipinski definition) is 0. The molecular formula is H12Cl3O6Pr. The fourth-order valence-corrected chi connectivity index (χ4v) is 0. The van der Waals surface area contributed by atoms with Gasteiger partial charge in [-0.2, -0.15) is 0 Å². The normalized spacial score (nSPS) is 2.70. The van der Waals surface area contributed by atoms with Gasteiger partial charge in [0.15, 0.2) is 0 Å². The fraction of sp³-hybridized carbons (Fsp3) is 0. The predicted molar refractivity (Wildman–Crippen MR) is 39.2 cm³/mol. The van der Waals surface area contributed by atoms with Crippen LogP contribution in [0.5, 0.6) is 0 Å². The van der Waals surface area contributed by atoms with Crippen LogP contribution in [0.15, 0.2) is 0 Å². The SMILES string of the molecule is O.O.O.O.O.O.[Cl][Pr]([Cl])[Cl]. The molecule has 0 heterocycles. The Morgan fingerprint density at radius 1 is 0.500 bits per heavy atom. The van der Waals surface area contributed by atoms with E-state index in [0.717, 1.165) is 0 Å². The van der Waals surface area contributed by atoms with Gasteiger partial charge in [-0.1, -0.05) is 0 Å². The van der Waals surface area contributed by atoms with Crippen LogP contribution in [0.2, 0.25) is 0 Å². The molecule has 0 radical (unpaired) electrons. The van der Waals surface area contributed by atoms with Gasteiger partial charge in [0.2, 0.25) is 0 Å². The topological polar surface area (TPSA) is 189 Å². The van der Waals surface area contributed by atoms with Crippen molar-refractivity contribution >= 4 is 17.1 Å². The van der Waals surface area contributed by atoms with Crippen LogP contribution in [0.25, 0.3) is 0 Å². The van der Waals surface area contributed by atoms with Crippen LogP contribution in [0.3, 0.4) is 0 Å². The minimum atomic E-state index is -2.31. The molecule has 72 valence electrons. The van der Waals surface area contributed by atoms with Gasteiger partial charge in [-0.15, -0.1) is 0 Å². The van der Waals surface area contributed by atoms with E-state index in [1.165, 1.54) is 0 Å². The first kappa shape index (κ1) is 58.1. The summed E-state index contributed by atoms with van der Waals surface area (Å²) in [6.07, 6.45) is 0. The molecule has 10 heavy (non-hydrogen) atoms. The predicted octanol–water partition coefficient (Wildman–Crippen LogP) is -2.88. The average molecular weight is 355 g/mol. The summed E-state index contributed by atoms with van der Waals surface area (Å²) in [4.78, 5) is 0. The van der Waals surface area contributed by atoms with Gasteiger partial charge < -0.3 is 32.9 Å². The molecule has 0 aromatic heterocycles. The van der Waals surface area contributed by atoms with Gasteiger partial charge in [-0.3, -0.25) is 0 Å². The maximum absolute atomic E-state index is 5.03. The van der Waals surface area contributed by atoms with Gasteiger partial charge in [-0.25, -0.2) is 0 Å². The molecule has 0 aliphatic rings. The molecule has 0 aliphatic heterocycles. The third kappa shape index (κ3) is 203. The van der Waals surface area contributed by atoms with Crippen molar-refractivity contribution in [3.05, 3.63) is 0 Å². The Morgan fingerprint density at radius 2 is 0.500 bits per heavy atom. The summed E-state index contributed by atoms with van der Waals surface area (Å²) < 4.78 is 0. The average Bonchev–Trinajstić information content (AvgIpc) is 0.811. The molecule has 0 aromatic rings. The summed E-state index contributed by atoms with van der Waals surface area (Å²) in [6.45, 7) is 0. The Bertz CT molecular complexity index is 17.7. The van der Waals surface area contributed by atoms with Gasteiger partial charge in [0.05, 0.1) is 0 Å². The van der Waals surface area contributed by atoms with Gasteiger partial charge in [0.25, 0.3) is 0 Å². The van der Waals surface area contributed by atoms with Crippen LogP contribution in [-0.4, -0.2) is 32.9 Å². The second kappa shape index (κ2) is 44.0. The van der Waals surface area contributed by atoms with Crippen LogP contribution < -0.4 is 0 Å². The molecule has 12 N–H and O–H groups in total. The molecule has 0 fully saturated rings. The Kier molecular flexibility index (Phi) is 256. The Morgan fingerprint density at radius 3 is 0.500 bits per heavy atom. The molecular weight excluding hydrogens is 343 g/mol. The molecule has 0 spiro atoms. The zero-order valence-electron chi connectivity index (χ0n) is 4.71. The first-order valence-electron chi connectivity index (χ1n) is 0.655. The van der Waals surface area contributed by atoms with E-state index in [0.29, 0.717) is 0 Å². The Balaban J connectivity index is -0.00000000300. The zero-order chi connectivity index (χ0) is 3.58. The monoisotopic (exact) mass is 354 g/mol. The van der Waals surface area contributed by atoms with Crippen molar-refractivity contribution in [2.24, 2.45) is 0 Å². The standard InChI is InChI=1S/3ClH.6H2O.Pr/h3*1H;6*1H2;/q;;;;;;;;;+3/p-3. The van der Waals surface area contributed by atoms with E-state index >= 15 is 0 Å². The quantitative estimate of drug-likeness (QED) is 0.432. The van der Waals surface area contributed by atoms with Crippen LogP contribution in [0.4, 0.5) is 0 Å². The second-order valence-corrected chi connectivity index (χ2v) is 16.5. The van der Waals surface area contributed by atoms with Crippen molar-refractivity contribution in [2.75, 3.05) is 0 Å². The molecule has 0 amide bonds. The molecule has 0 aromatic carbocycles. The number of hydrogen-bond acceptors (Lipinski definition) is 0. The molecule has 6 nitrogen and oxygen atoms in total. The van der Waals surface area contributed by atoms with E-state index in [1.807, 2.05) is 0 Å². The summed E-state index contributed by atoms with van der Waals surface area (Å²) in [5.41, 5.74) is 15.1. The summed E-state index contributed by atoms with van der Waals surface area (Å²) in [6, 6.07) is 0. The van der Waals surface area contributed by atoms with E-state index in [4.69, 9.17) is 17.1 Å². The van der Waals surface area contributed by atoms with Crippen molar-refractivity contribution < 1.29 is 63.2 Å². The van der Waals surface area contributed by atoms with Gasteiger partial charge in [0, 0.05) is 0 Å². The van der Waals surface area contributed by atoms with Crippen LogP contribution in [0.1, 0.15) is 0 Å². The van der Waals surface area contributed by atoms with Gasteiger partial charge >= 0.3 is 47.4 Å². The van der Waals surface area contributed by atoms with Crippen LogP contribution in [-0.2, 0) is 0 Å².